The molecule has 0 N–H and O–H groups in total. The number of hydrogen-bond donors (Lipinski definition) is 0. The predicted octanol–water partition coefficient (Wildman–Crippen LogP) is 8.45. The number of hydrogen-bond acceptors (Lipinski definition) is 4. The Kier molecular flexibility index (Phi) is 11.2. The molecule has 0 saturated carbocycles. The van der Waals surface area contributed by atoms with Crippen LogP contribution in [0.3, 0.4) is 0 Å². The zero-order valence-corrected chi connectivity index (χ0v) is 25.8. The number of nitrogens with zero attached hydrogens (tertiary/aromatic N) is 1. The molecule has 3 aromatic carbocycles. The zero-order valence-electron chi connectivity index (χ0n) is 24.1. The van der Waals surface area contributed by atoms with Crippen molar-refractivity contribution in [3.05, 3.63) is 96.6 Å². The van der Waals surface area contributed by atoms with Gasteiger partial charge in [0.05, 0.1) is 6.61 Å². The van der Waals surface area contributed by atoms with Gasteiger partial charge in [0.2, 0.25) is 0 Å². The number of carbonyl (C=O) groups is 1. The second-order valence-corrected chi connectivity index (χ2v) is 14.4. The summed E-state index contributed by atoms with van der Waals surface area (Å²) in [6.45, 7) is 14.2. The van der Waals surface area contributed by atoms with E-state index >= 15 is 0 Å². The first-order chi connectivity index (χ1) is 18.7. The van der Waals surface area contributed by atoms with E-state index in [1.807, 2.05) is 32.0 Å². The number of likely N-dealkylation sites (tertiary alicyclic amines) is 1. The smallest absolute Gasteiger partial charge is 0.303 e. The standard InChI is InChI=1S/C31H37NO3S2.C2H6/c1-24(33)35-29-20-26(22-32(30(29)36)21-25-14-8-5-9-15-25)23-34-37(31(2,3)4,27-16-10-6-11-17-27)28-18-12-7-13-19-28;1-2/h5-19,26,29H,20-23H2,1-4H3;1-2H3. The molecule has 6 heteroatoms. The van der Waals surface area contributed by atoms with Crippen LogP contribution in [-0.2, 0) is 20.3 Å². The van der Waals surface area contributed by atoms with Crippen LogP contribution in [0.4, 0.5) is 0 Å². The van der Waals surface area contributed by atoms with Crippen LogP contribution in [0.15, 0.2) is 101 Å². The topological polar surface area (TPSA) is 38.8 Å². The molecule has 0 radical (unpaired) electrons. The number of rotatable bonds is 8. The third kappa shape index (κ3) is 7.50. The lowest BCUT2D eigenvalue weighted by molar-refractivity contribution is -0.144. The molecule has 0 amide bonds. The third-order valence-electron chi connectivity index (χ3n) is 6.63. The quantitative estimate of drug-likeness (QED) is 0.202. The van der Waals surface area contributed by atoms with Gasteiger partial charge in [-0.15, -0.1) is 0 Å². The molecule has 2 unspecified atom stereocenters. The van der Waals surface area contributed by atoms with Gasteiger partial charge in [0, 0.05) is 40.5 Å². The highest BCUT2D eigenvalue weighted by Gasteiger charge is 2.43. The average molecular weight is 566 g/mol. The molecule has 1 saturated heterocycles. The second kappa shape index (κ2) is 14.1. The van der Waals surface area contributed by atoms with Crippen molar-refractivity contribution in [2.75, 3.05) is 13.2 Å². The summed E-state index contributed by atoms with van der Waals surface area (Å²) in [6, 6.07) is 31.5. The summed E-state index contributed by atoms with van der Waals surface area (Å²) in [6.07, 6.45) is 0.235. The van der Waals surface area contributed by atoms with Gasteiger partial charge in [-0.25, -0.2) is 0 Å². The number of piperidine rings is 1. The van der Waals surface area contributed by atoms with Crippen molar-refractivity contribution in [3.63, 3.8) is 0 Å². The second-order valence-electron chi connectivity index (χ2n) is 10.5. The van der Waals surface area contributed by atoms with E-state index in [1.54, 1.807) is 0 Å². The molecule has 210 valence electrons. The maximum absolute atomic E-state index is 11.9. The summed E-state index contributed by atoms with van der Waals surface area (Å²) >= 11 is 5.80. The molecule has 4 rings (SSSR count). The SMILES string of the molecule is CC.CC(=O)OC1CC(COS(c2ccccc2)(c2ccccc2)C(C)(C)C)CN(Cc2ccccc2)C1=S. The minimum absolute atomic E-state index is 0.154. The number of carbonyl (C=O) groups excluding carboxylic acids is 1. The van der Waals surface area contributed by atoms with E-state index in [1.165, 1.54) is 22.3 Å². The molecule has 1 heterocycles. The summed E-state index contributed by atoms with van der Waals surface area (Å²) in [5.74, 6) is -0.154. The van der Waals surface area contributed by atoms with Crippen molar-refractivity contribution >= 4 is 33.5 Å². The van der Waals surface area contributed by atoms with E-state index in [-0.39, 0.29) is 16.6 Å². The Bertz CT molecular complexity index is 1140. The van der Waals surface area contributed by atoms with Crippen LogP contribution in [0.5, 0.6) is 0 Å². The lowest BCUT2D eigenvalue weighted by Crippen LogP contribution is -2.49. The van der Waals surface area contributed by atoms with Crippen LogP contribution < -0.4 is 0 Å². The van der Waals surface area contributed by atoms with Crippen molar-refractivity contribution in [2.24, 2.45) is 5.92 Å². The van der Waals surface area contributed by atoms with Crippen molar-refractivity contribution in [1.82, 2.24) is 4.90 Å². The summed E-state index contributed by atoms with van der Waals surface area (Å²) in [5, 5.41) is 0. The molecule has 0 bridgehead atoms. The molecule has 1 fully saturated rings. The van der Waals surface area contributed by atoms with E-state index in [2.05, 4.69) is 98.5 Å². The molecular formula is C33H43NO3S2. The predicted molar refractivity (Wildman–Crippen MR) is 167 cm³/mol. The first kappa shape index (κ1) is 30.9. The molecule has 39 heavy (non-hydrogen) atoms. The van der Waals surface area contributed by atoms with Gasteiger partial charge in [0.25, 0.3) is 0 Å². The fraction of sp³-hybridized carbons (Fsp3) is 0.394. The Morgan fingerprint density at radius 3 is 1.85 bits per heavy atom. The maximum atomic E-state index is 11.9. The molecule has 2 atom stereocenters. The molecule has 1 aliphatic rings. The summed E-state index contributed by atoms with van der Waals surface area (Å²) in [7, 11) is -1.86. The minimum atomic E-state index is -1.86. The van der Waals surface area contributed by atoms with Crippen molar-refractivity contribution < 1.29 is 13.7 Å². The van der Waals surface area contributed by atoms with E-state index in [9.17, 15) is 4.79 Å². The highest BCUT2D eigenvalue weighted by molar-refractivity contribution is 8.31. The van der Waals surface area contributed by atoms with Crippen LogP contribution >= 0.6 is 22.5 Å². The number of esters is 1. The fourth-order valence-electron chi connectivity index (χ4n) is 5.03. The largest absolute Gasteiger partial charge is 0.455 e. The average Bonchev–Trinajstić information content (AvgIpc) is 2.93. The van der Waals surface area contributed by atoms with Crippen LogP contribution in [0.1, 0.15) is 53.5 Å². The monoisotopic (exact) mass is 565 g/mol. The first-order valence-corrected chi connectivity index (χ1v) is 15.7. The van der Waals surface area contributed by atoms with E-state index < -0.39 is 16.4 Å². The lowest BCUT2D eigenvalue weighted by Gasteiger charge is -2.51. The fourth-order valence-corrected chi connectivity index (χ4v) is 9.10. The van der Waals surface area contributed by atoms with Gasteiger partial charge in [0.15, 0.2) is 6.10 Å². The Morgan fingerprint density at radius 1 is 0.897 bits per heavy atom. The number of thiocarbonyl (C=S) groups is 1. The number of benzene rings is 3. The van der Waals surface area contributed by atoms with Crippen LogP contribution in [0.2, 0.25) is 0 Å². The van der Waals surface area contributed by atoms with E-state index in [0.717, 1.165) is 6.54 Å². The van der Waals surface area contributed by atoms with Gasteiger partial charge in [-0.2, -0.15) is 0 Å². The van der Waals surface area contributed by atoms with Crippen molar-refractivity contribution in [3.8, 4) is 0 Å². The van der Waals surface area contributed by atoms with Crippen molar-refractivity contribution in [2.45, 2.75) is 75.1 Å². The molecule has 0 spiro atoms. The number of ether oxygens (including phenoxy) is 1. The molecule has 0 aliphatic carbocycles. The Labute approximate surface area is 242 Å². The Morgan fingerprint density at radius 2 is 1.38 bits per heavy atom. The Balaban J connectivity index is 0.00000205. The summed E-state index contributed by atoms with van der Waals surface area (Å²) in [5.41, 5.74) is 1.18. The van der Waals surface area contributed by atoms with E-state index in [4.69, 9.17) is 21.1 Å². The van der Waals surface area contributed by atoms with Crippen LogP contribution in [0, 0.1) is 5.92 Å². The highest BCUT2D eigenvalue weighted by atomic mass is 32.3. The minimum Gasteiger partial charge on any atom is -0.455 e. The summed E-state index contributed by atoms with van der Waals surface area (Å²) in [4.78, 5) is 17.2. The molecular weight excluding hydrogens is 523 g/mol. The van der Waals surface area contributed by atoms with Gasteiger partial charge in [-0.3, -0.25) is 4.79 Å². The zero-order chi connectivity index (χ0) is 28.5. The van der Waals surface area contributed by atoms with Gasteiger partial charge < -0.3 is 13.8 Å². The van der Waals surface area contributed by atoms with Crippen molar-refractivity contribution in [1.29, 1.82) is 0 Å². The van der Waals surface area contributed by atoms with E-state index in [0.29, 0.717) is 24.6 Å². The maximum Gasteiger partial charge on any atom is 0.303 e. The molecule has 0 aromatic heterocycles. The highest BCUT2D eigenvalue weighted by Crippen LogP contribution is 2.71. The lowest BCUT2D eigenvalue weighted by atomic mass is 9.96. The molecule has 1 aliphatic heterocycles. The van der Waals surface area contributed by atoms with Gasteiger partial charge in [-0.05, 0) is 57.0 Å². The first-order valence-electron chi connectivity index (χ1n) is 13.8. The summed E-state index contributed by atoms with van der Waals surface area (Å²) < 4.78 is 12.7. The molecule has 3 aromatic rings. The normalized spacial score (nSPS) is 18.1. The van der Waals surface area contributed by atoms with Crippen LogP contribution in [-0.4, -0.2) is 39.9 Å². The Hall–Kier alpha value is -2.67. The van der Waals surface area contributed by atoms with Gasteiger partial charge in [0.1, 0.15) is 4.99 Å². The molecule has 4 nitrogen and oxygen atoms in total. The van der Waals surface area contributed by atoms with Crippen LogP contribution in [0.25, 0.3) is 0 Å². The van der Waals surface area contributed by atoms with Gasteiger partial charge in [-0.1, -0.05) is 103 Å². The third-order valence-corrected chi connectivity index (χ3v) is 11.2. The van der Waals surface area contributed by atoms with Gasteiger partial charge >= 0.3 is 5.97 Å².